The number of thiocarbonyl (C=S) groups is 1. The molecule has 0 aliphatic heterocycles. The minimum atomic E-state index is 0.220. The van der Waals surface area contributed by atoms with Gasteiger partial charge in [-0.2, -0.15) is 0 Å². The summed E-state index contributed by atoms with van der Waals surface area (Å²) < 4.78 is 0. The Kier molecular flexibility index (Phi) is 3.93. The van der Waals surface area contributed by atoms with Gasteiger partial charge in [0.05, 0.1) is 16.3 Å². The second-order valence-corrected chi connectivity index (χ2v) is 4.92. The molecule has 2 aromatic rings. The number of halogens is 1. The summed E-state index contributed by atoms with van der Waals surface area (Å²) in [5.74, 6) is 0.220. The molecule has 19 heavy (non-hydrogen) atoms. The molecule has 98 valence electrons. The maximum absolute atomic E-state index is 9.32. The maximum atomic E-state index is 9.32. The van der Waals surface area contributed by atoms with E-state index in [-0.39, 0.29) is 10.7 Å². The number of nitrogens with zero attached hydrogens (tertiary/aromatic N) is 1. The summed E-state index contributed by atoms with van der Waals surface area (Å²) in [6, 6.07) is 12.3. The van der Waals surface area contributed by atoms with Crippen LogP contribution in [0.3, 0.4) is 0 Å². The first-order valence-electron chi connectivity index (χ1n) is 5.62. The maximum Gasteiger partial charge on any atom is 0.115 e. The number of anilines is 2. The van der Waals surface area contributed by atoms with Crippen molar-refractivity contribution in [3.63, 3.8) is 0 Å². The molecular formula is C14H13ClN2OS. The van der Waals surface area contributed by atoms with Crippen LogP contribution in [0.25, 0.3) is 0 Å². The minimum absolute atomic E-state index is 0.220. The zero-order valence-corrected chi connectivity index (χ0v) is 11.9. The predicted molar refractivity (Wildman–Crippen MR) is 83.5 cm³/mol. The van der Waals surface area contributed by atoms with E-state index < -0.39 is 0 Å². The van der Waals surface area contributed by atoms with E-state index in [0.717, 1.165) is 11.4 Å². The summed E-state index contributed by atoms with van der Waals surface area (Å²) in [6.45, 7) is 0. The molecular weight excluding hydrogens is 280 g/mol. The molecule has 0 saturated heterocycles. The van der Waals surface area contributed by atoms with Crippen molar-refractivity contribution in [1.82, 2.24) is 0 Å². The Morgan fingerprint density at radius 2 is 1.84 bits per heavy atom. The standard InChI is InChI=1S/C14H13ClN2OS/c1-17(9-5-7-10(18)8-6-9)12-4-2-3-11(15)13(12)14(16)19/h2-8,18H,1H3,(H2,16,19). The lowest BCUT2D eigenvalue weighted by molar-refractivity contribution is 0.475. The summed E-state index contributed by atoms with van der Waals surface area (Å²) >= 11 is 11.2. The van der Waals surface area contributed by atoms with Crippen LogP contribution < -0.4 is 10.6 Å². The lowest BCUT2D eigenvalue weighted by Gasteiger charge is -2.23. The monoisotopic (exact) mass is 292 g/mol. The van der Waals surface area contributed by atoms with Crippen LogP contribution in [-0.4, -0.2) is 17.1 Å². The molecule has 0 aliphatic rings. The van der Waals surface area contributed by atoms with E-state index in [1.807, 2.05) is 24.1 Å². The van der Waals surface area contributed by atoms with E-state index in [9.17, 15) is 5.11 Å². The highest BCUT2D eigenvalue weighted by molar-refractivity contribution is 7.80. The highest BCUT2D eigenvalue weighted by Gasteiger charge is 2.14. The molecule has 3 N–H and O–H groups in total. The van der Waals surface area contributed by atoms with Crippen LogP contribution in [-0.2, 0) is 0 Å². The van der Waals surface area contributed by atoms with Crippen molar-refractivity contribution in [1.29, 1.82) is 0 Å². The van der Waals surface area contributed by atoms with Gasteiger partial charge in [0.25, 0.3) is 0 Å². The largest absolute Gasteiger partial charge is 0.508 e. The fraction of sp³-hybridized carbons (Fsp3) is 0.0714. The van der Waals surface area contributed by atoms with Gasteiger partial charge in [-0.15, -0.1) is 0 Å². The molecule has 0 amide bonds. The fourth-order valence-corrected chi connectivity index (χ4v) is 2.39. The van der Waals surface area contributed by atoms with Gasteiger partial charge in [-0.05, 0) is 36.4 Å². The molecule has 0 fully saturated rings. The van der Waals surface area contributed by atoms with Crippen molar-refractivity contribution in [2.75, 3.05) is 11.9 Å². The Hall–Kier alpha value is -1.78. The van der Waals surface area contributed by atoms with Crippen molar-refractivity contribution in [2.24, 2.45) is 5.73 Å². The number of benzene rings is 2. The van der Waals surface area contributed by atoms with Gasteiger partial charge in [-0.25, -0.2) is 0 Å². The van der Waals surface area contributed by atoms with Crippen LogP contribution in [0, 0.1) is 0 Å². The Morgan fingerprint density at radius 1 is 1.21 bits per heavy atom. The van der Waals surface area contributed by atoms with Gasteiger partial charge in [0.15, 0.2) is 0 Å². The molecule has 0 aromatic heterocycles. The van der Waals surface area contributed by atoms with Gasteiger partial charge < -0.3 is 15.7 Å². The normalized spacial score (nSPS) is 10.2. The number of rotatable bonds is 3. The summed E-state index contributed by atoms with van der Waals surface area (Å²) in [4.78, 5) is 2.17. The molecule has 0 unspecified atom stereocenters. The smallest absolute Gasteiger partial charge is 0.115 e. The molecule has 0 aliphatic carbocycles. The highest BCUT2D eigenvalue weighted by Crippen LogP contribution is 2.32. The second-order valence-electron chi connectivity index (χ2n) is 4.07. The van der Waals surface area contributed by atoms with Crippen molar-refractivity contribution in [3.8, 4) is 5.75 Å². The predicted octanol–water partition coefficient (Wildman–Crippen LogP) is 3.45. The van der Waals surface area contributed by atoms with Crippen molar-refractivity contribution >= 4 is 40.2 Å². The lowest BCUT2D eigenvalue weighted by Crippen LogP contribution is -2.18. The van der Waals surface area contributed by atoms with Crippen LogP contribution in [0.1, 0.15) is 5.56 Å². The third-order valence-electron chi connectivity index (χ3n) is 2.84. The Labute approximate surface area is 122 Å². The van der Waals surface area contributed by atoms with Gasteiger partial charge in [0.1, 0.15) is 10.7 Å². The zero-order valence-electron chi connectivity index (χ0n) is 10.3. The summed E-state index contributed by atoms with van der Waals surface area (Å²) in [6.07, 6.45) is 0. The van der Waals surface area contributed by atoms with Crippen LogP contribution in [0.5, 0.6) is 5.75 Å². The Balaban J connectivity index is 2.49. The average molecular weight is 293 g/mol. The van der Waals surface area contributed by atoms with Crippen LogP contribution >= 0.6 is 23.8 Å². The van der Waals surface area contributed by atoms with E-state index in [4.69, 9.17) is 29.6 Å². The van der Waals surface area contributed by atoms with E-state index in [1.54, 1.807) is 30.3 Å². The molecule has 3 nitrogen and oxygen atoms in total. The Morgan fingerprint density at radius 3 is 2.42 bits per heavy atom. The summed E-state index contributed by atoms with van der Waals surface area (Å²) in [5, 5.41) is 9.84. The number of aromatic hydroxyl groups is 1. The first kappa shape index (κ1) is 13.6. The molecule has 0 spiro atoms. The van der Waals surface area contributed by atoms with E-state index >= 15 is 0 Å². The molecule has 2 rings (SSSR count). The SMILES string of the molecule is CN(c1ccc(O)cc1)c1cccc(Cl)c1C(N)=S. The number of nitrogens with two attached hydrogens (primary N) is 1. The second kappa shape index (κ2) is 5.47. The quantitative estimate of drug-likeness (QED) is 0.851. The average Bonchev–Trinajstić information content (AvgIpc) is 2.38. The first-order chi connectivity index (χ1) is 9.00. The van der Waals surface area contributed by atoms with E-state index in [1.165, 1.54) is 0 Å². The van der Waals surface area contributed by atoms with Crippen LogP contribution in [0.15, 0.2) is 42.5 Å². The van der Waals surface area contributed by atoms with Gasteiger partial charge in [0.2, 0.25) is 0 Å². The molecule has 0 atom stereocenters. The van der Waals surface area contributed by atoms with E-state index in [2.05, 4.69) is 0 Å². The zero-order chi connectivity index (χ0) is 14.0. The fourth-order valence-electron chi connectivity index (χ4n) is 1.85. The third kappa shape index (κ3) is 2.80. The van der Waals surface area contributed by atoms with E-state index in [0.29, 0.717) is 10.6 Å². The molecule has 5 heteroatoms. The van der Waals surface area contributed by atoms with Gasteiger partial charge in [-0.1, -0.05) is 29.9 Å². The van der Waals surface area contributed by atoms with Gasteiger partial charge in [-0.3, -0.25) is 0 Å². The Bertz CT molecular complexity index is 613. The van der Waals surface area contributed by atoms with Crippen molar-refractivity contribution in [2.45, 2.75) is 0 Å². The van der Waals surface area contributed by atoms with Crippen molar-refractivity contribution in [3.05, 3.63) is 53.1 Å². The van der Waals surface area contributed by atoms with Crippen molar-refractivity contribution < 1.29 is 5.11 Å². The summed E-state index contributed by atoms with van der Waals surface area (Å²) in [7, 11) is 1.89. The topological polar surface area (TPSA) is 49.5 Å². The number of hydrogen-bond donors (Lipinski definition) is 2. The molecule has 0 heterocycles. The molecule has 2 aromatic carbocycles. The number of phenolic OH excluding ortho intramolecular Hbond substituents is 1. The molecule has 0 bridgehead atoms. The van der Waals surface area contributed by atoms with Crippen LogP contribution in [0.4, 0.5) is 11.4 Å². The number of phenols is 1. The minimum Gasteiger partial charge on any atom is -0.508 e. The third-order valence-corrected chi connectivity index (χ3v) is 3.36. The summed E-state index contributed by atoms with van der Waals surface area (Å²) in [5.41, 5.74) is 8.11. The first-order valence-corrected chi connectivity index (χ1v) is 6.40. The molecule has 0 saturated carbocycles. The number of hydrogen-bond acceptors (Lipinski definition) is 3. The van der Waals surface area contributed by atoms with Gasteiger partial charge in [0, 0.05) is 12.7 Å². The highest BCUT2D eigenvalue weighted by atomic mass is 35.5. The van der Waals surface area contributed by atoms with Crippen LogP contribution in [0.2, 0.25) is 5.02 Å². The lowest BCUT2D eigenvalue weighted by atomic mass is 10.1. The van der Waals surface area contributed by atoms with Gasteiger partial charge >= 0.3 is 0 Å². The molecule has 0 radical (unpaired) electrons.